The molecule has 0 fully saturated rings. The maximum absolute atomic E-state index is 5.86. The van der Waals surface area contributed by atoms with Gasteiger partial charge in [0.2, 0.25) is 0 Å². The van der Waals surface area contributed by atoms with Crippen LogP contribution in [0.3, 0.4) is 0 Å². The number of rotatable bonds is 8. The minimum Gasteiger partial charge on any atom is -0.748 e. The first-order chi connectivity index (χ1) is 15.7. The van der Waals surface area contributed by atoms with Crippen LogP contribution >= 0.6 is 0 Å². The second-order valence-corrected chi connectivity index (χ2v) is 7.89. The molecule has 0 radical (unpaired) electrons. The van der Waals surface area contributed by atoms with E-state index in [1.54, 1.807) is 0 Å². The topological polar surface area (TPSA) is 12.5 Å². The fourth-order valence-electron chi connectivity index (χ4n) is 3.61. The van der Waals surface area contributed by atoms with Crippen LogP contribution in [0.5, 0.6) is 5.75 Å². The second-order valence-electron chi connectivity index (χ2n) is 7.89. The average Bonchev–Trinajstić information content (AvgIpc) is 3.56. The zero-order chi connectivity index (χ0) is 22.6. The molecule has 4 aromatic rings. The van der Waals surface area contributed by atoms with Gasteiger partial charge in [0.15, 0.2) is 0 Å². The van der Waals surface area contributed by atoms with E-state index in [1.807, 2.05) is 30.3 Å². The van der Waals surface area contributed by atoms with Crippen molar-refractivity contribution in [2.24, 2.45) is 0 Å². The Morgan fingerprint density at radius 1 is 0.788 bits per heavy atom. The van der Waals surface area contributed by atoms with Crippen molar-refractivity contribution in [2.75, 3.05) is 27.2 Å². The summed E-state index contributed by atoms with van der Waals surface area (Å²) in [4.78, 5) is 2.12. The van der Waals surface area contributed by atoms with Crippen LogP contribution in [-0.4, -0.2) is 32.1 Å². The summed E-state index contributed by atoms with van der Waals surface area (Å²) >= 11 is 0. The smallest absolute Gasteiger partial charge is 0.119 e. The zero-order valence-corrected chi connectivity index (χ0v) is 20.8. The Morgan fingerprint density at radius 3 is 1.85 bits per heavy atom. The van der Waals surface area contributed by atoms with Crippen LogP contribution in [0.4, 0.5) is 0 Å². The predicted molar refractivity (Wildman–Crippen MR) is 137 cm³/mol. The van der Waals surface area contributed by atoms with Crippen molar-refractivity contribution in [1.82, 2.24) is 4.90 Å². The van der Waals surface area contributed by atoms with E-state index in [0.29, 0.717) is 6.61 Å². The predicted octanol–water partition coefficient (Wildman–Crippen LogP) is 7.12. The third-order valence-electron chi connectivity index (χ3n) is 5.23. The fraction of sp³-hybridized carbons (Fsp3) is 0.200. The maximum atomic E-state index is 5.86. The Morgan fingerprint density at radius 2 is 1.33 bits per heavy atom. The Kier molecular flexibility index (Phi) is 11.5. The van der Waals surface area contributed by atoms with Crippen molar-refractivity contribution in [2.45, 2.75) is 13.3 Å². The van der Waals surface area contributed by atoms with Crippen LogP contribution in [0.25, 0.3) is 11.1 Å². The van der Waals surface area contributed by atoms with Gasteiger partial charge in [-0.2, -0.15) is 12.1 Å². The van der Waals surface area contributed by atoms with E-state index in [2.05, 4.69) is 105 Å². The van der Waals surface area contributed by atoms with E-state index in [4.69, 9.17) is 4.74 Å². The third kappa shape index (κ3) is 8.22. The molecule has 0 aliphatic carbocycles. The summed E-state index contributed by atoms with van der Waals surface area (Å²) in [5.74, 6) is 0.916. The molecule has 0 bridgehead atoms. The van der Waals surface area contributed by atoms with E-state index in [-0.39, 0.29) is 17.1 Å². The summed E-state index contributed by atoms with van der Waals surface area (Å²) in [6.45, 7) is 3.83. The van der Waals surface area contributed by atoms with Crippen LogP contribution in [0.1, 0.15) is 30.0 Å². The number of hydrogen-bond acceptors (Lipinski definition) is 2. The molecule has 0 N–H and O–H groups in total. The van der Waals surface area contributed by atoms with Gasteiger partial charge < -0.3 is 40.0 Å². The average molecular weight is 479 g/mol. The minimum atomic E-state index is 0. The molecule has 0 aromatic heterocycles. The normalized spacial score (nSPS) is 11.2. The van der Waals surface area contributed by atoms with Gasteiger partial charge in [0.25, 0.3) is 0 Å². The van der Waals surface area contributed by atoms with Gasteiger partial charge in [-0.3, -0.25) is 0 Å². The van der Waals surface area contributed by atoms with Crippen LogP contribution in [0.2, 0.25) is 0 Å². The monoisotopic (exact) mass is 479 g/mol. The van der Waals surface area contributed by atoms with Crippen molar-refractivity contribution in [3.63, 3.8) is 0 Å². The van der Waals surface area contributed by atoms with Crippen LogP contribution in [0, 0.1) is 0 Å². The second kappa shape index (κ2) is 14.3. The van der Waals surface area contributed by atoms with E-state index in [1.165, 1.54) is 27.8 Å². The van der Waals surface area contributed by atoms with Crippen molar-refractivity contribution >= 4 is 11.1 Å². The molecular formula is C30H33FeNO-6. The Bertz CT molecular complexity index is 1010. The van der Waals surface area contributed by atoms with E-state index >= 15 is 0 Å². The van der Waals surface area contributed by atoms with Gasteiger partial charge in [-0.25, -0.2) is 0 Å². The summed E-state index contributed by atoms with van der Waals surface area (Å²) in [7, 11) is 4.11. The summed E-state index contributed by atoms with van der Waals surface area (Å²) < 4.78 is 5.86. The summed E-state index contributed by atoms with van der Waals surface area (Å²) in [6.07, 6.45) is 0.981. The van der Waals surface area contributed by atoms with Crippen molar-refractivity contribution in [1.29, 1.82) is 0 Å². The molecule has 3 heteroatoms. The number of allylic oxidation sites excluding steroid dienone is 1. The molecule has 178 valence electrons. The van der Waals surface area contributed by atoms with E-state index < -0.39 is 0 Å². The number of hydrogen-bond donors (Lipinski definition) is 0. The third-order valence-corrected chi connectivity index (χ3v) is 5.23. The molecule has 0 heterocycles. The quantitative estimate of drug-likeness (QED) is 0.197. The summed E-state index contributed by atoms with van der Waals surface area (Å²) in [6, 6.07) is 37.8. The Hall–Kier alpha value is -2.84. The molecule has 0 unspecified atom stereocenters. The van der Waals surface area contributed by atoms with Gasteiger partial charge in [-0.05, 0) is 32.6 Å². The number of ether oxygens (including phenoxy) is 1. The Labute approximate surface area is 209 Å². The molecular weight excluding hydrogens is 446 g/mol. The number of nitrogens with zero attached hydrogens (tertiary/aromatic N) is 1. The van der Waals surface area contributed by atoms with Crippen LogP contribution in [0.15, 0.2) is 109 Å². The zero-order valence-electron chi connectivity index (χ0n) is 19.7. The van der Waals surface area contributed by atoms with E-state index in [9.17, 15) is 0 Å². The van der Waals surface area contributed by atoms with Crippen molar-refractivity contribution in [3.8, 4) is 5.75 Å². The SMILES string of the molecule is CCC(=C(c1ccccc1)c1ccc(OCCN(C)C)cc1)[c-]1cccc1.[Fe].[cH-]1[cH-][cH-][cH-][cH-]1. The molecule has 0 aliphatic heterocycles. The standard InChI is InChI=1S/C25H28NO.C5H5.Fe/c1-4-24(20-10-8-9-11-20)25(21-12-6-5-7-13-21)22-14-16-23(17-15-22)27-19-18-26(2)3;1-2-4-5-3-1;/h5-17H,4,18-19H2,1-3H3;1-5H;/q-1;-5;. The molecule has 4 rings (SSSR count). The number of benzene rings is 2. The maximum Gasteiger partial charge on any atom is 0.119 e. The first kappa shape index (κ1) is 26.4. The molecule has 0 amide bonds. The van der Waals surface area contributed by atoms with Crippen LogP contribution in [-0.2, 0) is 17.1 Å². The largest absolute Gasteiger partial charge is 0.748 e. The molecule has 2 nitrogen and oxygen atoms in total. The van der Waals surface area contributed by atoms with Gasteiger partial charge in [-0.1, -0.05) is 66.1 Å². The minimum absolute atomic E-state index is 0. The molecule has 0 spiro atoms. The molecule has 33 heavy (non-hydrogen) atoms. The van der Waals surface area contributed by atoms with Gasteiger partial charge in [0, 0.05) is 23.6 Å². The van der Waals surface area contributed by atoms with E-state index in [0.717, 1.165) is 18.7 Å². The number of likely N-dealkylation sites (N-methyl/N-ethyl adjacent to an activating group) is 1. The van der Waals surface area contributed by atoms with Gasteiger partial charge in [-0.15, -0.1) is 23.3 Å². The molecule has 0 aliphatic rings. The fourth-order valence-corrected chi connectivity index (χ4v) is 3.61. The van der Waals surface area contributed by atoms with Crippen LogP contribution < -0.4 is 4.74 Å². The molecule has 0 atom stereocenters. The molecule has 4 aromatic carbocycles. The van der Waals surface area contributed by atoms with Crippen molar-refractivity contribution < 1.29 is 21.8 Å². The van der Waals surface area contributed by atoms with Crippen molar-refractivity contribution in [3.05, 3.63) is 126 Å². The first-order valence-corrected chi connectivity index (χ1v) is 11.2. The van der Waals surface area contributed by atoms with Gasteiger partial charge in [0.1, 0.15) is 12.4 Å². The summed E-state index contributed by atoms with van der Waals surface area (Å²) in [5.41, 5.74) is 6.43. The molecule has 0 saturated heterocycles. The molecule has 0 saturated carbocycles. The van der Waals surface area contributed by atoms with Gasteiger partial charge >= 0.3 is 0 Å². The van der Waals surface area contributed by atoms with Gasteiger partial charge in [0.05, 0.1) is 0 Å². The summed E-state index contributed by atoms with van der Waals surface area (Å²) in [5, 5.41) is 0. The first-order valence-electron chi connectivity index (χ1n) is 11.2. The Balaban J connectivity index is 0.000000568.